The Bertz CT molecular complexity index is 1660. The summed E-state index contributed by atoms with van der Waals surface area (Å²) < 4.78 is 3.95. The molecule has 0 bridgehead atoms. The van der Waals surface area contributed by atoms with Crippen molar-refractivity contribution in [2.24, 2.45) is 0 Å². The van der Waals surface area contributed by atoms with Gasteiger partial charge in [-0.25, -0.2) is 9.97 Å². The third kappa shape index (κ3) is 6.73. The van der Waals surface area contributed by atoms with Gasteiger partial charge in [-0.1, -0.05) is 22.7 Å². The van der Waals surface area contributed by atoms with E-state index in [0.717, 1.165) is 71.2 Å². The number of piperazine rings is 1. The van der Waals surface area contributed by atoms with E-state index in [1.807, 2.05) is 42.5 Å². The van der Waals surface area contributed by atoms with Gasteiger partial charge in [0.25, 0.3) is 5.91 Å². The number of carbonyl (C=O) groups excluding carboxylic acids is 1. The van der Waals surface area contributed by atoms with Crippen LogP contribution in [0.25, 0.3) is 21.7 Å². The van der Waals surface area contributed by atoms with E-state index in [1.165, 1.54) is 17.1 Å². The molecule has 1 aliphatic heterocycles. The van der Waals surface area contributed by atoms with E-state index in [0.29, 0.717) is 17.8 Å². The lowest BCUT2D eigenvalue weighted by Crippen LogP contribution is -2.43. The summed E-state index contributed by atoms with van der Waals surface area (Å²) in [6, 6.07) is 17.8. The zero-order valence-corrected chi connectivity index (χ0v) is 24.5. The third-order valence-electron chi connectivity index (χ3n) is 7.56. The predicted octanol–water partition coefficient (Wildman–Crippen LogP) is 4.96. The molecule has 1 N–H and O–H groups in total. The molecule has 1 saturated heterocycles. The zero-order valence-electron chi connectivity index (χ0n) is 23.7. The molecule has 0 spiro atoms. The maximum Gasteiger partial charge on any atom is 0.255 e. The lowest BCUT2D eigenvalue weighted by molar-refractivity contribution is 0.102. The molecule has 0 radical (unpaired) electrons. The molecular weight excluding hydrogens is 544 g/mol. The van der Waals surface area contributed by atoms with Crippen LogP contribution in [-0.4, -0.2) is 73.5 Å². The number of nitrogens with one attached hydrogen (secondary N) is 1. The second-order valence-electron chi connectivity index (χ2n) is 10.7. The second-order valence-corrected chi connectivity index (χ2v) is 11.4. The Hall–Kier alpha value is -4.38. The summed E-state index contributed by atoms with van der Waals surface area (Å²) in [4.78, 5) is 32.6. The van der Waals surface area contributed by atoms with Crippen LogP contribution in [0, 0.1) is 6.92 Å². The quantitative estimate of drug-likeness (QED) is 0.277. The number of aryl methyl sites for hydroxylation is 1. The standard InChI is InChI=1S/C32H32N8OS/c1-22-3-8-28(36-32(41)24-6-4-23(5-7-24)21-40-13-11-39(2)12-14-40)16-25(22)17-31-34-10-9-29(37-31)26-15-27(19-33-18-26)30-20-35-38-42-30/h3-10,15-16,18-20H,11-14,17,21H2,1-2H3,(H,36,41). The number of pyridine rings is 1. The molecular formula is C32H32N8OS. The fraction of sp³-hybridized carbons (Fsp3) is 0.250. The van der Waals surface area contributed by atoms with Crippen LogP contribution in [0.4, 0.5) is 5.69 Å². The van der Waals surface area contributed by atoms with E-state index in [2.05, 4.69) is 60.8 Å². The molecule has 5 aromatic rings. The number of anilines is 1. The minimum Gasteiger partial charge on any atom is -0.322 e. The first-order valence-corrected chi connectivity index (χ1v) is 14.7. The highest BCUT2D eigenvalue weighted by Gasteiger charge is 2.15. The van der Waals surface area contributed by atoms with E-state index in [4.69, 9.17) is 4.98 Å². The smallest absolute Gasteiger partial charge is 0.255 e. The monoisotopic (exact) mass is 576 g/mol. The molecule has 0 unspecified atom stereocenters. The number of carbonyl (C=O) groups is 1. The SMILES string of the molecule is Cc1ccc(NC(=O)c2ccc(CN3CCN(C)CC3)cc2)cc1Cc1nccc(-c2cncc(-c3cnns3)c2)n1. The Morgan fingerprint density at radius 1 is 0.952 bits per heavy atom. The van der Waals surface area contributed by atoms with Crippen LogP contribution in [0.3, 0.4) is 0 Å². The van der Waals surface area contributed by atoms with Crippen LogP contribution in [0.15, 0.2) is 79.4 Å². The van der Waals surface area contributed by atoms with Crippen LogP contribution in [0.2, 0.25) is 0 Å². The largest absolute Gasteiger partial charge is 0.322 e. The van der Waals surface area contributed by atoms with Gasteiger partial charge in [-0.2, -0.15) is 0 Å². The average molecular weight is 577 g/mol. The third-order valence-corrected chi connectivity index (χ3v) is 8.27. The fourth-order valence-corrected chi connectivity index (χ4v) is 5.49. The summed E-state index contributed by atoms with van der Waals surface area (Å²) in [6.07, 6.45) is 7.64. The summed E-state index contributed by atoms with van der Waals surface area (Å²) in [5, 5.41) is 6.98. The van der Waals surface area contributed by atoms with E-state index in [-0.39, 0.29) is 5.91 Å². The Morgan fingerprint density at radius 2 is 1.76 bits per heavy atom. The highest BCUT2D eigenvalue weighted by atomic mass is 32.1. The summed E-state index contributed by atoms with van der Waals surface area (Å²) in [7, 11) is 2.16. The highest BCUT2D eigenvalue weighted by Crippen LogP contribution is 2.26. The lowest BCUT2D eigenvalue weighted by Gasteiger charge is -2.32. The molecule has 1 amide bonds. The molecule has 10 heteroatoms. The maximum atomic E-state index is 13.1. The van der Waals surface area contributed by atoms with Crippen molar-refractivity contribution < 1.29 is 4.79 Å². The summed E-state index contributed by atoms with van der Waals surface area (Å²) in [6.45, 7) is 7.29. The predicted molar refractivity (Wildman–Crippen MR) is 165 cm³/mol. The molecule has 0 aliphatic carbocycles. The zero-order chi connectivity index (χ0) is 28.9. The van der Waals surface area contributed by atoms with Gasteiger partial charge in [-0.3, -0.25) is 14.7 Å². The number of amides is 1. The molecule has 1 fully saturated rings. The van der Waals surface area contributed by atoms with Crippen LogP contribution in [0.5, 0.6) is 0 Å². The molecule has 0 saturated carbocycles. The van der Waals surface area contributed by atoms with Crippen LogP contribution >= 0.6 is 11.5 Å². The van der Waals surface area contributed by atoms with Crippen molar-refractivity contribution >= 4 is 23.1 Å². The van der Waals surface area contributed by atoms with Gasteiger partial charge >= 0.3 is 0 Å². The highest BCUT2D eigenvalue weighted by molar-refractivity contribution is 7.09. The molecule has 4 heterocycles. The molecule has 212 valence electrons. The molecule has 9 nitrogen and oxygen atoms in total. The van der Waals surface area contributed by atoms with Crippen LogP contribution < -0.4 is 5.32 Å². The average Bonchev–Trinajstić information content (AvgIpc) is 3.56. The minimum atomic E-state index is -0.127. The van der Waals surface area contributed by atoms with Gasteiger partial charge < -0.3 is 10.2 Å². The lowest BCUT2D eigenvalue weighted by atomic mass is 10.0. The first-order chi connectivity index (χ1) is 20.5. The molecule has 0 atom stereocenters. The van der Waals surface area contributed by atoms with E-state index >= 15 is 0 Å². The molecule has 42 heavy (non-hydrogen) atoms. The Kier molecular flexibility index (Phi) is 8.36. The minimum absolute atomic E-state index is 0.127. The van der Waals surface area contributed by atoms with Crippen LogP contribution in [-0.2, 0) is 13.0 Å². The number of likely N-dealkylation sites (N-methyl/N-ethyl adjacent to an activating group) is 1. The molecule has 3 aromatic heterocycles. The van der Waals surface area contributed by atoms with E-state index in [1.54, 1.807) is 24.8 Å². The van der Waals surface area contributed by atoms with Crippen LogP contribution in [0.1, 0.15) is 32.9 Å². The van der Waals surface area contributed by atoms with Crippen molar-refractivity contribution in [3.8, 4) is 21.7 Å². The molecule has 2 aromatic carbocycles. The van der Waals surface area contributed by atoms with E-state index < -0.39 is 0 Å². The van der Waals surface area contributed by atoms with Gasteiger partial charge in [-0.15, -0.1) is 5.10 Å². The molecule has 6 rings (SSSR count). The first-order valence-electron chi connectivity index (χ1n) is 14.0. The van der Waals surface area contributed by atoms with Crippen molar-refractivity contribution in [2.45, 2.75) is 19.9 Å². The number of aromatic nitrogens is 5. The maximum absolute atomic E-state index is 13.1. The van der Waals surface area contributed by atoms with Gasteiger partial charge in [0.15, 0.2) is 0 Å². The number of rotatable bonds is 8. The van der Waals surface area contributed by atoms with Crippen molar-refractivity contribution in [1.29, 1.82) is 0 Å². The van der Waals surface area contributed by atoms with Gasteiger partial charge in [0.2, 0.25) is 0 Å². The molecule has 1 aliphatic rings. The Morgan fingerprint density at radius 3 is 2.55 bits per heavy atom. The van der Waals surface area contributed by atoms with Crippen molar-refractivity contribution in [2.75, 3.05) is 38.5 Å². The number of hydrogen-bond donors (Lipinski definition) is 1. The van der Waals surface area contributed by atoms with E-state index in [9.17, 15) is 4.79 Å². The summed E-state index contributed by atoms with van der Waals surface area (Å²) >= 11 is 1.33. The Labute approximate surface area is 249 Å². The van der Waals surface area contributed by atoms with Crippen molar-refractivity contribution in [1.82, 2.24) is 34.3 Å². The number of benzene rings is 2. The number of hydrogen-bond acceptors (Lipinski definition) is 9. The first kappa shape index (κ1) is 27.8. The van der Waals surface area contributed by atoms with Crippen molar-refractivity contribution in [3.63, 3.8) is 0 Å². The Balaban J connectivity index is 1.12. The fourth-order valence-electron chi connectivity index (χ4n) is 4.99. The van der Waals surface area contributed by atoms with Gasteiger partial charge in [-0.05, 0) is 78.6 Å². The number of nitrogens with zero attached hydrogens (tertiary/aromatic N) is 7. The van der Waals surface area contributed by atoms with Gasteiger partial charge in [0, 0.05) is 80.1 Å². The topological polar surface area (TPSA) is 100 Å². The summed E-state index contributed by atoms with van der Waals surface area (Å²) in [5.74, 6) is 0.567. The normalized spacial score (nSPS) is 14.1. The van der Waals surface area contributed by atoms with Crippen molar-refractivity contribution in [3.05, 3.63) is 107 Å². The second kappa shape index (κ2) is 12.6. The summed E-state index contributed by atoms with van der Waals surface area (Å²) in [5.41, 5.74) is 7.41. The van der Waals surface area contributed by atoms with Gasteiger partial charge in [0.1, 0.15) is 5.82 Å². The van der Waals surface area contributed by atoms with Gasteiger partial charge in [0.05, 0.1) is 16.8 Å².